The Morgan fingerprint density at radius 3 is 2.47 bits per heavy atom. The van der Waals surface area contributed by atoms with E-state index in [9.17, 15) is 9.59 Å². The van der Waals surface area contributed by atoms with E-state index in [0.717, 1.165) is 0 Å². The number of para-hydroxylation sites is 3. The molecule has 0 aliphatic rings. The Bertz CT molecular complexity index is 1250. The van der Waals surface area contributed by atoms with Crippen LogP contribution < -0.4 is 15.4 Å². The highest BCUT2D eigenvalue weighted by molar-refractivity contribution is 6.31. The average molecular weight is 421 g/mol. The van der Waals surface area contributed by atoms with Gasteiger partial charge in [0.2, 0.25) is 5.76 Å². The van der Waals surface area contributed by atoms with E-state index in [2.05, 4.69) is 10.6 Å². The maximum absolute atomic E-state index is 13.0. The molecule has 0 aliphatic heterocycles. The van der Waals surface area contributed by atoms with Crippen LogP contribution in [0.1, 0.15) is 20.9 Å². The van der Waals surface area contributed by atoms with Crippen LogP contribution in [0.15, 0.2) is 77.2 Å². The molecule has 3 aromatic carbocycles. The average Bonchev–Trinajstić information content (AvgIpc) is 3.12. The molecule has 6 nitrogen and oxygen atoms in total. The molecule has 0 radical (unpaired) electrons. The maximum atomic E-state index is 13.0. The van der Waals surface area contributed by atoms with Crippen molar-refractivity contribution in [2.24, 2.45) is 0 Å². The number of carbonyl (C=O) groups excluding carboxylic acids is 2. The van der Waals surface area contributed by atoms with Crippen LogP contribution >= 0.6 is 11.6 Å². The van der Waals surface area contributed by atoms with Crippen LogP contribution in [0.2, 0.25) is 5.02 Å². The van der Waals surface area contributed by atoms with Gasteiger partial charge in [0, 0.05) is 16.0 Å². The van der Waals surface area contributed by atoms with Gasteiger partial charge in [-0.05, 0) is 42.5 Å². The predicted molar refractivity (Wildman–Crippen MR) is 117 cm³/mol. The van der Waals surface area contributed by atoms with E-state index in [1.165, 1.54) is 7.11 Å². The van der Waals surface area contributed by atoms with Crippen molar-refractivity contribution in [2.75, 3.05) is 17.7 Å². The number of rotatable bonds is 5. The van der Waals surface area contributed by atoms with Gasteiger partial charge in [-0.3, -0.25) is 9.59 Å². The summed E-state index contributed by atoms with van der Waals surface area (Å²) in [6.07, 6.45) is 0. The number of hydrogen-bond donors (Lipinski definition) is 2. The molecule has 0 bridgehead atoms. The molecule has 1 heterocycles. The van der Waals surface area contributed by atoms with Crippen molar-refractivity contribution in [3.63, 3.8) is 0 Å². The molecule has 150 valence electrons. The zero-order valence-corrected chi connectivity index (χ0v) is 16.7. The second kappa shape index (κ2) is 8.31. The van der Waals surface area contributed by atoms with Crippen molar-refractivity contribution < 1.29 is 18.7 Å². The molecule has 0 saturated heterocycles. The molecule has 0 atom stereocenters. The van der Waals surface area contributed by atoms with Crippen LogP contribution in [0.5, 0.6) is 5.75 Å². The summed E-state index contributed by atoms with van der Waals surface area (Å²) in [7, 11) is 1.52. The topological polar surface area (TPSA) is 80.6 Å². The van der Waals surface area contributed by atoms with Gasteiger partial charge in [0.15, 0.2) is 0 Å². The summed E-state index contributed by atoms with van der Waals surface area (Å²) < 4.78 is 11.1. The van der Waals surface area contributed by atoms with Crippen molar-refractivity contribution in [1.82, 2.24) is 0 Å². The molecule has 7 heteroatoms. The summed E-state index contributed by atoms with van der Waals surface area (Å²) in [6, 6.07) is 20.6. The molecule has 30 heavy (non-hydrogen) atoms. The zero-order valence-electron chi connectivity index (χ0n) is 15.9. The van der Waals surface area contributed by atoms with E-state index in [1.807, 2.05) is 0 Å². The predicted octanol–water partition coefficient (Wildman–Crippen LogP) is 5.60. The smallest absolute Gasteiger partial charge is 0.293 e. The first-order chi connectivity index (χ1) is 14.6. The van der Waals surface area contributed by atoms with Gasteiger partial charge in [-0.1, -0.05) is 41.9 Å². The first-order valence-electron chi connectivity index (χ1n) is 9.09. The third-order valence-electron chi connectivity index (χ3n) is 4.48. The van der Waals surface area contributed by atoms with E-state index in [-0.39, 0.29) is 11.4 Å². The fourth-order valence-corrected chi connectivity index (χ4v) is 3.26. The number of ether oxygens (including phenoxy) is 1. The minimum atomic E-state index is -0.517. The zero-order chi connectivity index (χ0) is 21.1. The first-order valence-corrected chi connectivity index (χ1v) is 9.47. The van der Waals surface area contributed by atoms with Gasteiger partial charge in [-0.15, -0.1) is 0 Å². The van der Waals surface area contributed by atoms with Crippen molar-refractivity contribution in [3.05, 3.63) is 89.1 Å². The highest BCUT2D eigenvalue weighted by Gasteiger charge is 2.23. The Balaban J connectivity index is 1.71. The second-order valence-electron chi connectivity index (χ2n) is 6.42. The Labute approximate surface area is 177 Å². The molecule has 4 rings (SSSR count). The third kappa shape index (κ3) is 3.86. The Hall–Kier alpha value is -3.77. The van der Waals surface area contributed by atoms with Gasteiger partial charge in [0.25, 0.3) is 11.8 Å². The number of furan rings is 1. The Morgan fingerprint density at radius 2 is 1.67 bits per heavy atom. The van der Waals surface area contributed by atoms with Gasteiger partial charge >= 0.3 is 0 Å². The molecule has 2 N–H and O–H groups in total. The fourth-order valence-electron chi connectivity index (χ4n) is 3.07. The van der Waals surface area contributed by atoms with Crippen LogP contribution in [0.4, 0.5) is 11.4 Å². The Kier molecular flexibility index (Phi) is 5.41. The summed E-state index contributed by atoms with van der Waals surface area (Å²) in [5.74, 6) is -0.434. The highest BCUT2D eigenvalue weighted by Crippen LogP contribution is 2.33. The number of anilines is 2. The highest BCUT2D eigenvalue weighted by atomic mass is 35.5. The van der Waals surface area contributed by atoms with Crippen LogP contribution in [0.3, 0.4) is 0 Å². The molecule has 0 spiro atoms. The molecule has 2 amide bonds. The molecule has 0 fully saturated rings. The monoisotopic (exact) mass is 420 g/mol. The Morgan fingerprint density at radius 1 is 0.900 bits per heavy atom. The molecular formula is C23H17ClN2O4. The summed E-state index contributed by atoms with van der Waals surface area (Å²) in [4.78, 5) is 25.8. The van der Waals surface area contributed by atoms with Gasteiger partial charge < -0.3 is 19.8 Å². The number of amides is 2. The lowest BCUT2D eigenvalue weighted by molar-refractivity contribution is 0.0999. The number of benzene rings is 3. The van der Waals surface area contributed by atoms with Crippen molar-refractivity contribution in [2.45, 2.75) is 0 Å². The standard InChI is InChI=1S/C23H17ClN2O4/c1-29-19-12-5-3-10-17(19)25-23(28)21-20(16-9-2-4-11-18(16)30-21)26-22(27)14-7-6-8-15(24)13-14/h2-13H,1H3,(H,25,28)(H,26,27). The molecule has 0 aliphatic carbocycles. The van der Waals surface area contributed by atoms with Gasteiger partial charge in [0.1, 0.15) is 17.0 Å². The fraction of sp³-hybridized carbons (Fsp3) is 0.0435. The maximum Gasteiger partial charge on any atom is 0.293 e. The van der Waals surface area contributed by atoms with E-state index in [1.54, 1.807) is 72.8 Å². The SMILES string of the molecule is COc1ccccc1NC(=O)c1oc2ccccc2c1NC(=O)c1cccc(Cl)c1. The van der Waals surface area contributed by atoms with Gasteiger partial charge in [-0.25, -0.2) is 0 Å². The summed E-state index contributed by atoms with van der Waals surface area (Å²) in [5, 5.41) is 6.61. The van der Waals surface area contributed by atoms with Crippen molar-refractivity contribution >= 4 is 45.8 Å². The van der Waals surface area contributed by atoms with Gasteiger partial charge in [0.05, 0.1) is 12.8 Å². The number of fused-ring (bicyclic) bond motifs is 1. The van der Waals surface area contributed by atoms with E-state index < -0.39 is 11.8 Å². The number of halogens is 1. The van der Waals surface area contributed by atoms with Crippen LogP contribution in [-0.4, -0.2) is 18.9 Å². The number of hydrogen-bond acceptors (Lipinski definition) is 4. The summed E-state index contributed by atoms with van der Waals surface area (Å²) in [5.41, 5.74) is 1.61. The second-order valence-corrected chi connectivity index (χ2v) is 6.86. The lowest BCUT2D eigenvalue weighted by Crippen LogP contribution is -2.17. The summed E-state index contributed by atoms with van der Waals surface area (Å²) in [6.45, 7) is 0. The molecule has 1 aromatic heterocycles. The van der Waals surface area contributed by atoms with Crippen LogP contribution in [0, 0.1) is 0 Å². The quantitative estimate of drug-likeness (QED) is 0.440. The molecule has 0 unspecified atom stereocenters. The third-order valence-corrected chi connectivity index (χ3v) is 4.72. The number of methoxy groups -OCH3 is 1. The molecular weight excluding hydrogens is 404 g/mol. The summed E-state index contributed by atoms with van der Waals surface area (Å²) >= 11 is 5.99. The molecule has 0 saturated carbocycles. The number of nitrogens with one attached hydrogen (secondary N) is 2. The van der Waals surface area contributed by atoms with Gasteiger partial charge in [-0.2, -0.15) is 0 Å². The van der Waals surface area contributed by atoms with E-state index in [4.69, 9.17) is 20.8 Å². The lowest BCUT2D eigenvalue weighted by atomic mass is 10.1. The molecule has 4 aromatic rings. The minimum Gasteiger partial charge on any atom is -0.495 e. The van der Waals surface area contributed by atoms with Crippen molar-refractivity contribution in [1.29, 1.82) is 0 Å². The van der Waals surface area contributed by atoms with E-state index in [0.29, 0.717) is 33.0 Å². The first kappa shape index (κ1) is 19.5. The van der Waals surface area contributed by atoms with Crippen LogP contribution in [0.25, 0.3) is 11.0 Å². The lowest BCUT2D eigenvalue weighted by Gasteiger charge is -2.10. The normalized spacial score (nSPS) is 10.6. The number of carbonyl (C=O) groups is 2. The van der Waals surface area contributed by atoms with E-state index >= 15 is 0 Å². The van der Waals surface area contributed by atoms with Crippen LogP contribution in [-0.2, 0) is 0 Å². The minimum absolute atomic E-state index is 0.0162. The largest absolute Gasteiger partial charge is 0.495 e. The van der Waals surface area contributed by atoms with Crippen molar-refractivity contribution in [3.8, 4) is 5.75 Å².